The van der Waals surface area contributed by atoms with Crippen LogP contribution in [0.3, 0.4) is 0 Å². The van der Waals surface area contributed by atoms with Crippen molar-refractivity contribution in [3.8, 4) is 0 Å². The van der Waals surface area contributed by atoms with Gasteiger partial charge in [-0.25, -0.2) is 4.79 Å². The molecule has 2 N–H and O–H groups in total. The van der Waals surface area contributed by atoms with Gasteiger partial charge in [-0.2, -0.15) is 0 Å². The minimum atomic E-state index is -0.451. The van der Waals surface area contributed by atoms with Crippen LogP contribution in [0.2, 0.25) is 0 Å². The average Bonchev–Trinajstić information content (AvgIpc) is 2.37. The van der Waals surface area contributed by atoms with Gasteiger partial charge in [-0.3, -0.25) is 5.32 Å². The van der Waals surface area contributed by atoms with Crippen LogP contribution in [0.4, 0.5) is 16.2 Å². The largest absolute Gasteiger partial charge is 0.453 e. The second kappa shape index (κ2) is 8.55. The van der Waals surface area contributed by atoms with Crippen LogP contribution in [0.25, 0.3) is 0 Å². The van der Waals surface area contributed by atoms with Gasteiger partial charge in [0.05, 0.1) is 7.11 Å². The van der Waals surface area contributed by atoms with E-state index in [4.69, 9.17) is 0 Å². The molecule has 0 fully saturated rings. The van der Waals surface area contributed by atoms with Gasteiger partial charge in [-0.1, -0.05) is 33.8 Å². The van der Waals surface area contributed by atoms with Crippen molar-refractivity contribution in [2.45, 2.75) is 46.6 Å². The fourth-order valence-electron chi connectivity index (χ4n) is 2.44. The van der Waals surface area contributed by atoms with Crippen LogP contribution in [0.5, 0.6) is 0 Å². The summed E-state index contributed by atoms with van der Waals surface area (Å²) in [6, 6.07) is 8.18. The number of nitrogens with one attached hydrogen (secondary N) is 2. The second-order valence-electron chi connectivity index (χ2n) is 6.30. The maximum atomic E-state index is 11.3. The molecule has 0 aromatic heterocycles. The van der Waals surface area contributed by atoms with Crippen molar-refractivity contribution in [2.24, 2.45) is 11.8 Å². The molecule has 0 saturated carbocycles. The molecule has 0 spiro atoms. The van der Waals surface area contributed by atoms with Crippen LogP contribution < -0.4 is 10.6 Å². The first-order chi connectivity index (χ1) is 9.90. The summed E-state index contributed by atoms with van der Waals surface area (Å²) in [7, 11) is 1.36. The summed E-state index contributed by atoms with van der Waals surface area (Å²) in [4.78, 5) is 11.3. The summed E-state index contributed by atoms with van der Waals surface area (Å²) in [5.74, 6) is 1.30. The third-order valence-corrected chi connectivity index (χ3v) is 3.18. The molecule has 0 bridgehead atoms. The maximum Gasteiger partial charge on any atom is 0.411 e. The third-order valence-electron chi connectivity index (χ3n) is 3.18. The van der Waals surface area contributed by atoms with Crippen molar-refractivity contribution in [1.29, 1.82) is 0 Å². The van der Waals surface area contributed by atoms with E-state index in [0.29, 0.717) is 17.9 Å². The first-order valence-corrected chi connectivity index (χ1v) is 7.62. The summed E-state index contributed by atoms with van der Waals surface area (Å²) >= 11 is 0. The molecule has 21 heavy (non-hydrogen) atoms. The van der Waals surface area contributed by atoms with E-state index in [9.17, 15) is 4.79 Å². The van der Waals surface area contributed by atoms with Crippen molar-refractivity contribution in [1.82, 2.24) is 0 Å². The molecule has 118 valence electrons. The molecule has 1 aromatic rings. The first kappa shape index (κ1) is 17.3. The van der Waals surface area contributed by atoms with Gasteiger partial charge in [0.1, 0.15) is 0 Å². The smallest absolute Gasteiger partial charge is 0.411 e. The molecule has 0 heterocycles. The van der Waals surface area contributed by atoms with Gasteiger partial charge in [0.15, 0.2) is 0 Å². The van der Waals surface area contributed by atoms with Gasteiger partial charge < -0.3 is 10.1 Å². The highest BCUT2D eigenvalue weighted by molar-refractivity contribution is 5.85. The van der Waals surface area contributed by atoms with E-state index < -0.39 is 6.09 Å². The van der Waals surface area contributed by atoms with Crippen molar-refractivity contribution in [3.05, 3.63) is 24.3 Å². The Bertz CT molecular complexity index is 434. The van der Waals surface area contributed by atoms with Crippen molar-refractivity contribution >= 4 is 17.5 Å². The molecule has 0 saturated heterocycles. The molecule has 0 aliphatic carbocycles. The fraction of sp³-hybridized carbons (Fsp3) is 0.588. The van der Waals surface area contributed by atoms with Gasteiger partial charge in [0.2, 0.25) is 0 Å². The topological polar surface area (TPSA) is 50.4 Å². The highest BCUT2D eigenvalue weighted by Gasteiger charge is 2.13. The zero-order valence-corrected chi connectivity index (χ0v) is 13.8. The van der Waals surface area contributed by atoms with E-state index in [0.717, 1.165) is 24.2 Å². The number of rotatable bonds is 7. The summed E-state index contributed by atoms with van der Waals surface area (Å²) in [6.07, 6.45) is 1.81. The number of carbonyl (C=O) groups excluding carboxylic acids is 1. The summed E-state index contributed by atoms with van der Waals surface area (Å²) in [6.45, 7) is 8.96. The number of hydrogen-bond acceptors (Lipinski definition) is 3. The molecule has 1 amide bonds. The minimum absolute atomic E-state index is 0.443. The van der Waals surface area contributed by atoms with Gasteiger partial charge in [-0.05, 0) is 42.9 Å². The van der Waals surface area contributed by atoms with Gasteiger partial charge in [0, 0.05) is 17.4 Å². The van der Waals surface area contributed by atoms with Crippen molar-refractivity contribution < 1.29 is 9.53 Å². The molecule has 1 aromatic carbocycles. The Hall–Kier alpha value is -1.71. The fourth-order valence-corrected chi connectivity index (χ4v) is 2.44. The summed E-state index contributed by atoms with van der Waals surface area (Å²) in [5.41, 5.74) is 1.76. The predicted molar refractivity (Wildman–Crippen MR) is 88.8 cm³/mol. The molecule has 4 heteroatoms. The second-order valence-corrected chi connectivity index (χ2v) is 6.30. The molecular weight excluding hydrogens is 264 g/mol. The van der Waals surface area contributed by atoms with Gasteiger partial charge in [0.25, 0.3) is 0 Å². The SMILES string of the molecule is COC(=O)Nc1cccc(NC(CC(C)C)CC(C)C)c1. The Morgan fingerprint density at radius 2 is 1.67 bits per heavy atom. The lowest BCUT2D eigenvalue weighted by molar-refractivity contribution is 0.187. The zero-order valence-electron chi connectivity index (χ0n) is 13.8. The quantitative estimate of drug-likeness (QED) is 0.763. The van der Waals surface area contributed by atoms with Gasteiger partial charge in [-0.15, -0.1) is 0 Å². The van der Waals surface area contributed by atoms with Crippen LogP contribution in [-0.4, -0.2) is 19.2 Å². The number of amides is 1. The monoisotopic (exact) mass is 292 g/mol. The minimum Gasteiger partial charge on any atom is -0.453 e. The number of ether oxygens (including phenoxy) is 1. The maximum absolute atomic E-state index is 11.3. The Balaban J connectivity index is 2.73. The van der Waals surface area contributed by atoms with Crippen LogP contribution in [-0.2, 0) is 4.74 Å². The van der Waals surface area contributed by atoms with Gasteiger partial charge >= 0.3 is 6.09 Å². The molecule has 0 atom stereocenters. The number of carbonyl (C=O) groups is 1. The third kappa shape index (κ3) is 7.02. The summed E-state index contributed by atoms with van der Waals surface area (Å²) in [5, 5.41) is 6.27. The highest BCUT2D eigenvalue weighted by atomic mass is 16.5. The number of benzene rings is 1. The summed E-state index contributed by atoms with van der Waals surface area (Å²) < 4.78 is 4.61. The molecule has 0 unspecified atom stereocenters. The van der Waals surface area contributed by atoms with E-state index in [-0.39, 0.29) is 0 Å². The Kier molecular flexibility index (Phi) is 7.06. The molecule has 0 aliphatic rings. The van der Waals surface area contributed by atoms with Crippen molar-refractivity contribution in [3.63, 3.8) is 0 Å². The van der Waals surface area contributed by atoms with Crippen LogP contribution >= 0.6 is 0 Å². The molecule has 0 aliphatic heterocycles. The standard InChI is InChI=1S/C17H28N2O2/c1-12(2)9-16(10-13(3)4)18-14-7-6-8-15(11-14)19-17(20)21-5/h6-8,11-13,16,18H,9-10H2,1-5H3,(H,19,20). The van der Waals surface area contributed by atoms with E-state index >= 15 is 0 Å². The lowest BCUT2D eigenvalue weighted by Gasteiger charge is -2.24. The van der Waals surface area contributed by atoms with Crippen molar-refractivity contribution in [2.75, 3.05) is 17.7 Å². The Morgan fingerprint density at radius 3 is 2.19 bits per heavy atom. The lowest BCUT2D eigenvalue weighted by atomic mass is 9.95. The number of anilines is 2. The molecular formula is C17H28N2O2. The lowest BCUT2D eigenvalue weighted by Crippen LogP contribution is -2.23. The molecule has 0 radical (unpaired) electrons. The Morgan fingerprint density at radius 1 is 1.10 bits per heavy atom. The number of methoxy groups -OCH3 is 1. The van der Waals surface area contributed by atoms with E-state index in [1.165, 1.54) is 7.11 Å². The normalized spacial score (nSPS) is 11.0. The van der Waals surface area contributed by atoms with E-state index in [1.54, 1.807) is 0 Å². The van der Waals surface area contributed by atoms with Crippen LogP contribution in [0.1, 0.15) is 40.5 Å². The molecule has 1 rings (SSSR count). The van der Waals surface area contributed by atoms with E-state index in [1.807, 2.05) is 24.3 Å². The van der Waals surface area contributed by atoms with E-state index in [2.05, 4.69) is 43.1 Å². The van der Waals surface area contributed by atoms with Crippen LogP contribution in [0.15, 0.2) is 24.3 Å². The Labute approximate surface area is 128 Å². The average molecular weight is 292 g/mol. The molecule has 4 nitrogen and oxygen atoms in total. The predicted octanol–water partition coefficient (Wildman–Crippen LogP) is 4.74. The zero-order chi connectivity index (χ0) is 15.8. The highest BCUT2D eigenvalue weighted by Crippen LogP contribution is 2.21. The van der Waals surface area contributed by atoms with Crippen LogP contribution in [0, 0.1) is 11.8 Å². The number of hydrogen-bond donors (Lipinski definition) is 2. The first-order valence-electron chi connectivity index (χ1n) is 7.62.